The van der Waals surface area contributed by atoms with E-state index in [0.29, 0.717) is 17.0 Å². The lowest BCUT2D eigenvalue weighted by molar-refractivity contribution is -0.116. The van der Waals surface area contributed by atoms with Crippen molar-refractivity contribution in [3.8, 4) is 0 Å². The van der Waals surface area contributed by atoms with Crippen LogP contribution >= 0.6 is 0 Å². The summed E-state index contributed by atoms with van der Waals surface area (Å²) in [7, 11) is 0. The predicted molar refractivity (Wildman–Crippen MR) is 109 cm³/mol. The first-order chi connectivity index (χ1) is 13.7. The molecule has 0 fully saturated rings. The largest absolute Gasteiger partial charge is 0.358 e. The Morgan fingerprint density at radius 3 is 2.79 bits per heavy atom. The fourth-order valence-corrected chi connectivity index (χ4v) is 3.99. The third kappa shape index (κ3) is 3.49. The molecule has 1 amide bonds. The summed E-state index contributed by atoms with van der Waals surface area (Å²) < 4.78 is 0. The summed E-state index contributed by atoms with van der Waals surface area (Å²) in [6, 6.07) is 3.61. The number of H-pyrrole nitrogens is 1. The fraction of sp³-hybridized carbons (Fsp3) is 0.429. The molecule has 2 N–H and O–H groups in total. The van der Waals surface area contributed by atoms with E-state index in [1.54, 1.807) is 12.3 Å². The zero-order valence-corrected chi connectivity index (χ0v) is 16.5. The Bertz CT molecular complexity index is 924. The fourth-order valence-electron chi connectivity index (χ4n) is 3.99. The highest BCUT2D eigenvalue weighted by molar-refractivity contribution is 6.32. The molecule has 2 aromatic rings. The van der Waals surface area contributed by atoms with Gasteiger partial charge in [-0.3, -0.25) is 9.69 Å². The number of carbonyl (C=O) groups excluding carboxylic acids is 1. The Labute approximate surface area is 164 Å². The maximum Gasteiger partial charge on any atom is 0.273 e. The summed E-state index contributed by atoms with van der Waals surface area (Å²) in [5, 5.41) is 12.2. The van der Waals surface area contributed by atoms with Gasteiger partial charge >= 0.3 is 0 Å². The van der Waals surface area contributed by atoms with E-state index < -0.39 is 0 Å². The van der Waals surface area contributed by atoms with Gasteiger partial charge in [0.2, 0.25) is 0 Å². The number of aromatic amines is 1. The molecule has 0 unspecified atom stereocenters. The maximum absolute atomic E-state index is 12.5. The lowest BCUT2D eigenvalue weighted by atomic mass is 9.93. The minimum absolute atomic E-state index is 0.206. The number of aromatic nitrogens is 3. The van der Waals surface area contributed by atoms with E-state index in [9.17, 15) is 4.79 Å². The van der Waals surface area contributed by atoms with E-state index >= 15 is 0 Å². The number of fused-ring (bicyclic) bond motifs is 1. The van der Waals surface area contributed by atoms with E-state index in [-0.39, 0.29) is 5.91 Å². The number of carbonyl (C=O) groups is 1. The van der Waals surface area contributed by atoms with Crippen molar-refractivity contribution in [2.45, 2.75) is 46.1 Å². The average Bonchev–Trinajstić information content (AvgIpc) is 3.27. The van der Waals surface area contributed by atoms with Crippen LogP contribution in [0.2, 0.25) is 0 Å². The first kappa shape index (κ1) is 18.6. The SMILES string of the molecule is CCN(CC)Cc1c(C=C2C(=O)NN=C2c2cccnn2)[nH]c2c1CCCC2. The van der Waals surface area contributed by atoms with E-state index in [0.717, 1.165) is 38.2 Å². The molecule has 7 heteroatoms. The first-order valence-corrected chi connectivity index (χ1v) is 10.0. The number of hydrogen-bond donors (Lipinski definition) is 2. The summed E-state index contributed by atoms with van der Waals surface area (Å²) in [4.78, 5) is 18.5. The Balaban J connectivity index is 1.76. The van der Waals surface area contributed by atoms with Crippen molar-refractivity contribution >= 4 is 17.7 Å². The van der Waals surface area contributed by atoms with Crippen LogP contribution in [0.3, 0.4) is 0 Å². The maximum atomic E-state index is 12.5. The van der Waals surface area contributed by atoms with Crippen LogP contribution in [-0.4, -0.2) is 44.8 Å². The summed E-state index contributed by atoms with van der Waals surface area (Å²) in [6.45, 7) is 7.25. The van der Waals surface area contributed by atoms with Crippen molar-refractivity contribution < 1.29 is 4.79 Å². The topological polar surface area (TPSA) is 86.3 Å². The van der Waals surface area contributed by atoms with Crippen molar-refractivity contribution in [2.75, 3.05) is 13.1 Å². The van der Waals surface area contributed by atoms with Crippen molar-refractivity contribution in [2.24, 2.45) is 5.10 Å². The second-order valence-corrected chi connectivity index (χ2v) is 7.21. The highest BCUT2D eigenvalue weighted by atomic mass is 16.2. The molecule has 0 bridgehead atoms. The second-order valence-electron chi connectivity index (χ2n) is 7.21. The van der Waals surface area contributed by atoms with Crippen LogP contribution in [0.4, 0.5) is 0 Å². The molecule has 0 radical (unpaired) electrons. The van der Waals surface area contributed by atoms with Gasteiger partial charge in [0.25, 0.3) is 5.91 Å². The van der Waals surface area contributed by atoms with Crippen LogP contribution < -0.4 is 5.43 Å². The zero-order valence-electron chi connectivity index (χ0n) is 16.5. The smallest absolute Gasteiger partial charge is 0.273 e. The molecule has 4 rings (SSSR count). The molecule has 0 saturated carbocycles. The number of nitrogens with zero attached hydrogens (tertiary/aromatic N) is 4. The van der Waals surface area contributed by atoms with Gasteiger partial charge in [0.15, 0.2) is 0 Å². The number of hydrogen-bond acceptors (Lipinski definition) is 5. The van der Waals surface area contributed by atoms with Crippen LogP contribution in [-0.2, 0) is 24.2 Å². The summed E-state index contributed by atoms with van der Waals surface area (Å²) in [6.07, 6.45) is 8.15. The molecule has 0 spiro atoms. The third-order valence-corrected chi connectivity index (χ3v) is 5.59. The molecule has 3 heterocycles. The minimum Gasteiger partial charge on any atom is -0.358 e. The van der Waals surface area contributed by atoms with Crippen LogP contribution in [0.25, 0.3) is 6.08 Å². The van der Waals surface area contributed by atoms with E-state index in [1.165, 1.54) is 29.7 Å². The summed E-state index contributed by atoms with van der Waals surface area (Å²) in [5.74, 6) is -0.206. The zero-order chi connectivity index (χ0) is 19.5. The van der Waals surface area contributed by atoms with Crippen LogP contribution in [0.5, 0.6) is 0 Å². The number of rotatable bonds is 6. The number of amides is 1. The predicted octanol–water partition coefficient (Wildman–Crippen LogP) is 2.44. The molecule has 0 saturated heterocycles. The molecule has 2 aromatic heterocycles. The second kappa shape index (κ2) is 8.06. The summed E-state index contributed by atoms with van der Waals surface area (Å²) >= 11 is 0. The minimum atomic E-state index is -0.206. The lowest BCUT2D eigenvalue weighted by Crippen LogP contribution is -2.23. The van der Waals surface area contributed by atoms with E-state index in [2.05, 4.69) is 44.5 Å². The van der Waals surface area contributed by atoms with Crippen molar-refractivity contribution in [1.29, 1.82) is 0 Å². The molecule has 0 aromatic carbocycles. The average molecular weight is 378 g/mol. The summed E-state index contributed by atoms with van der Waals surface area (Å²) in [5.41, 5.74) is 9.31. The molecule has 1 aliphatic carbocycles. The molecule has 0 atom stereocenters. The number of nitrogens with one attached hydrogen (secondary N) is 2. The third-order valence-electron chi connectivity index (χ3n) is 5.59. The quantitative estimate of drug-likeness (QED) is 0.756. The number of hydrazone groups is 1. The van der Waals surface area contributed by atoms with Crippen molar-refractivity contribution in [1.82, 2.24) is 25.5 Å². The standard InChI is InChI=1S/C21H26N6O/c1-3-27(4-2)13-16-14-8-5-6-9-17(14)23-19(16)12-15-20(25-26-21(15)28)18-10-7-11-22-24-18/h7,10-12,23H,3-6,8-9,13H2,1-2H3,(H,26,28). The Morgan fingerprint density at radius 1 is 1.21 bits per heavy atom. The lowest BCUT2D eigenvalue weighted by Gasteiger charge is -2.20. The molecule has 146 valence electrons. The molecule has 28 heavy (non-hydrogen) atoms. The normalized spacial score (nSPS) is 17.8. The van der Waals surface area contributed by atoms with Gasteiger partial charge in [0, 0.05) is 24.1 Å². The highest BCUT2D eigenvalue weighted by Gasteiger charge is 2.27. The van der Waals surface area contributed by atoms with E-state index in [1.807, 2.05) is 12.1 Å². The van der Waals surface area contributed by atoms with Crippen LogP contribution in [0, 0.1) is 0 Å². The number of aryl methyl sites for hydroxylation is 1. The van der Waals surface area contributed by atoms with Gasteiger partial charge in [-0.2, -0.15) is 10.2 Å². The van der Waals surface area contributed by atoms with Gasteiger partial charge in [-0.25, -0.2) is 5.43 Å². The Kier molecular flexibility index (Phi) is 5.34. The molecular formula is C21H26N6O. The molecule has 2 aliphatic rings. The van der Waals surface area contributed by atoms with Crippen LogP contribution in [0.1, 0.15) is 54.9 Å². The van der Waals surface area contributed by atoms with Gasteiger partial charge < -0.3 is 4.98 Å². The molecular weight excluding hydrogens is 352 g/mol. The van der Waals surface area contributed by atoms with Gasteiger partial charge in [-0.1, -0.05) is 13.8 Å². The van der Waals surface area contributed by atoms with Crippen molar-refractivity contribution in [3.05, 3.63) is 52.1 Å². The van der Waals surface area contributed by atoms with Crippen LogP contribution in [0.15, 0.2) is 29.0 Å². The Morgan fingerprint density at radius 2 is 2.04 bits per heavy atom. The van der Waals surface area contributed by atoms with Gasteiger partial charge in [0.05, 0.1) is 5.57 Å². The van der Waals surface area contributed by atoms with Gasteiger partial charge in [-0.15, -0.1) is 5.10 Å². The monoisotopic (exact) mass is 378 g/mol. The molecule has 7 nitrogen and oxygen atoms in total. The van der Waals surface area contributed by atoms with Crippen molar-refractivity contribution in [3.63, 3.8) is 0 Å². The van der Waals surface area contributed by atoms with E-state index in [4.69, 9.17) is 0 Å². The Hall–Kier alpha value is -2.80. The molecule has 1 aliphatic heterocycles. The van der Waals surface area contributed by atoms with Gasteiger partial charge in [0.1, 0.15) is 11.4 Å². The highest BCUT2D eigenvalue weighted by Crippen LogP contribution is 2.30. The van der Waals surface area contributed by atoms with Gasteiger partial charge in [-0.05, 0) is 68.1 Å². The first-order valence-electron chi connectivity index (χ1n) is 10.0.